The van der Waals surface area contributed by atoms with Crippen molar-refractivity contribution in [2.45, 2.75) is 58.8 Å². The van der Waals surface area contributed by atoms with E-state index in [0.717, 1.165) is 12.0 Å². The van der Waals surface area contributed by atoms with E-state index < -0.39 is 0 Å². The second kappa shape index (κ2) is 10.3. The summed E-state index contributed by atoms with van der Waals surface area (Å²) < 4.78 is 5.40. The van der Waals surface area contributed by atoms with Crippen molar-refractivity contribution in [3.8, 4) is 0 Å². The average molecular weight is 570 g/mol. The topological polar surface area (TPSA) is 13.1 Å². The van der Waals surface area contributed by atoms with Crippen LogP contribution in [0.4, 0.5) is 0 Å². The van der Waals surface area contributed by atoms with Crippen LogP contribution in [0.25, 0.3) is 32.7 Å². The molecule has 1 aliphatic carbocycles. The van der Waals surface area contributed by atoms with Crippen LogP contribution < -0.4 is 24.8 Å². The summed E-state index contributed by atoms with van der Waals surface area (Å²) in [5.74, 6) is 0. The number of halogens is 2. The van der Waals surface area contributed by atoms with Crippen LogP contribution >= 0.6 is 0 Å². The molecule has 0 atom stereocenters. The summed E-state index contributed by atoms with van der Waals surface area (Å²) in [5.41, 5.74) is 8.17. The van der Waals surface area contributed by atoms with E-state index in [1.54, 1.807) is 6.26 Å². The first-order chi connectivity index (χ1) is 14.6. The minimum absolute atomic E-state index is 0. The first kappa shape index (κ1) is 28.8. The molecule has 5 rings (SSSR count). The third kappa shape index (κ3) is 5.06. The van der Waals surface area contributed by atoms with E-state index in [9.17, 15) is 0 Å². The third-order valence-electron chi connectivity index (χ3n) is 6.64. The predicted molar refractivity (Wildman–Crippen MR) is 134 cm³/mol. The Labute approximate surface area is 235 Å². The molecule has 1 aromatic heterocycles. The van der Waals surface area contributed by atoms with Crippen LogP contribution in [-0.4, -0.2) is 0 Å². The summed E-state index contributed by atoms with van der Waals surface area (Å²) in [6.45, 7) is 13.8. The van der Waals surface area contributed by atoms with Gasteiger partial charge in [0.2, 0.25) is 0 Å². The van der Waals surface area contributed by atoms with Gasteiger partial charge in [-0.3, -0.25) is 0 Å². The Balaban J connectivity index is 0.00000136. The van der Waals surface area contributed by atoms with Crippen molar-refractivity contribution in [2.75, 3.05) is 0 Å². The molecule has 0 N–H and O–H groups in total. The standard InChI is InChI=1S/C30H31O.2ClH.Zr/c1-29(2,3)21-11-10-19-14-26-27(24-9-7-8-23(24)20-12-13-31-18-20)16-22(30(4,5)6)17-28(26)25(19)15-21;;;/h7-8,10-18H,9H2,1-6H3;2*1H;/q-1;;;+3/p-2. The summed E-state index contributed by atoms with van der Waals surface area (Å²) in [6.07, 6.45) is 9.09. The van der Waals surface area contributed by atoms with Gasteiger partial charge in [0, 0.05) is 5.56 Å². The molecule has 0 saturated heterocycles. The average Bonchev–Trinajstić information content (AvgIpc) is 3.43. The molecule has 1 radical (unpaired) electrons. The van der Waals surface area contributed by atoms with Gasteiger partial charge in [-0.05, 0) is 28.9 Å². The molecule has 34 heavy (non-hydrogen) atoms. The molecule has 0 fully saturated rings. The van der Waals surface area contributed by atoms with Gasteiger partial charge in [-0.25, -0.2) is 0 Å². The molecule has 0 aliphatic heterocycles. The summed E-state index contributed by atoms with van der Waals surface area (Å²) in [6, 6.07) is 16.3. The van der Waals surface area contributed by atoms with E-state index in [-0.39, 0.29) is 61.8 Å². The van der Waals surface area contributed by atoms with Gasteiger partial charge in [0.05, 0.1) is 12.5 Å². The number of benzene rings is 2. The summed E-state index contributed by atoms with van der Waals surface area (Å²) >= 11 is 0. The number of fused-ring (bicyclic) bond motifs is 3. The smallest absolute Gasteiger partial charge is 1.00 e. The van der Waals surface area contributed by atoms with Gasteiger partial charge < -0.3 is 29.2 Å². The van der Waals surface area contributed by atoms with E-state index >= 15 is 0 Å². The van der Waals surface area contributed by atoms with E-state index in [1.165, 1.54) is 49.4 Å². The Morgan fingerprint density at radius 1 is 0.824 bits per heavy atom. The molecule has 3 aromatic carbocycles. The molecule has 1 heterocycles. The zero-order valence-corrected chi connectivity index (χ0v) is 24.7. The van der Waals surface area contributed by atoms with Crippen LogP contribution in [0, 0.1) is 0 Å². The molecule has 0 spiro atoms. The zero-order chi connectivity index (χ0) is 22.0. The van der Waals surface area contributed by atoms with Crippen molar-refractivity contribution in [1.29, 1.82) is 0 Å². The summed E-state index contributed by atoms with van der Waals surface area (Å²) in [7, 11) is 0. The van der Waals surface area contributed by atoms with Gasteiger partial charge in [0.25, 0.3) is 0 Å². The van der Waals surface area contributed by atoms with Crippen LogP contribution in [0.15, 0.2) is 71.6 Å². The molecule has 4 aromatic rings. The first-order valence-corrected chi connectivity index (χ1v) is 11.2. The predicted octanol–water partition coefficient (Wildman–Crippen LogP) is 2.78. The molecular formula is C30H31Cl2OZr. The minimum atomic E-state index is 0. The van der Waals surface area contributed by atoms with Crippen molar-refractivity contribution < 1.29 is 55.4 Å². The summed E-state index contributed by atoms with van der Waals surface area (Å²) in [5, 5.41) is 5.42. The van der Waals surface area contributed by atoms with Crippen LogP contribution in [0.3, 0.4) is 0 Å². The second-order valence-corrected chi connectivity index (χ2v) is 10.9. The van der Waals surface area contributed by atoms with Crippen LogP contribution in [0.2, 0.25) is 0 Å². The Hall–Kier alpha value is -1.47. The Morgan fingerprint density at radius 3 is 2.12 bits per heavy atom. The van der Waals surface area contributed by atoms with E-state index in [0.29, 0.717) is 0 Å². The summed E-state index contributed by atoms with van der Waals surface area (Å²) in [4.78, 5) is 0. The van der Waals surface area contributed by atoms with Crippen molar-refractivity contribution in [1.82, 2.24) is 0 Å². The first-order valence-electron chi connectivity index (χ1n) is 11.2. The SMILES string of the molecule is CC(C)(C)c1ccc2[cH-]c3c(C4=C(c5ccoc5)C=CC4)cc(C(C)(C)C)cc3c2c1.[Cl-].[Cl-].[Zr+3]. The van der Waals surface area contributed by atoms with Gasteiger partial charge >= 0.3 is 26.2 Å². The van der Waals surface area contributed by atoms with Gasteiger partial charge in [-0.2, -0.15) is 0 Å². The van der Waals surface area contributed by atoms with E-state index in [4.69, 9.17) is 4.42 Å². The van der Waals surface area contributed by atoms with Crippen LogP contribution in [0.5, 0.6) is 0 Å². The van der Waals surface area contributed by atoms with E-state index in [2.05, 4.69) is 96.2 Å². The van der Waals surface area contributed by atoms with Crippen molar-refractivity contribution in [2.24, 2.45) is 0 Å². The molecule has 0 bridgehead atoms. The second-order valence-electron chi connectivity index (χ2n) is 10.9. The maximum Gasteiger partial charge on any atom is 3.00 e. The number of rotatable bonds is 2. The van der Waals surface area contributed by atoms with Gasteiger partial charge in [0.15, 0.2) is 0 Å². The number of furan rings is 1. The number of hydrogen-bond acceptors (Lipinski definition) is 1. The molecule has 0 amide bonds. The fraction of sp³-hybridized carbons (Fsp3) is 0.300. The Kier molecular flexibility index (Phi) is 8.68. The monoisotopic (exact) mass is 567 g/mol. The normalized spacial score (nSPS) is 13.7. The van der Waals surface area contributed by atoms with Gasteiger partial charge in [-0.15, -0.1) is 33.7 Å². The van der Waals surface area contributed by atoms with Gasteiger partial charge in [0.1, 0.15) is 0 Å². The minimum Gasteiger partial charge on any atom is -1.00 e. The van der Waals surface area contributed by atoms with E-state index in [1.807, 2.05) is 6.26 Å². The maximum absolute atomic E-state index is 5.40. The molecule has 175 valence electrons. The maximum atomic E-state index is 5.40. The Morgan fingerprint density at radius 2 is 1.50 bits per heavy atom. The fourth-order valence-electron chi connectivity index (χ4n) is 4.70. The zero-order valence-electron chi connectivity index (χ0n) is 20.7. The third-order valence-corrected chi connectivity index (χ3v) is 6.64. The molecular weight excluding hydrogens is 538 g/mol. The molecule has 1 nitrogen and oxygen atoms in total. The van der Waals surface area contributed by atoms with Gasteiger partial charge in [-0.1, -0.05) is 100 Å². The number of allylic oxidation sites excluding steroid dienone is 4. The van der Waals surface area contributed by atoms with Crippen LogP contribution in [-0.2, 0) is 37.0 Å². The molecule has 0 unspecified atom stereocenters. The van der Waals surface area contributed by atoms with Crippen molar-refractivity contribution in [3.05, 3.63) is 89.4 Å². The Bertz CT molecular complexity index is 1360. The fourth-order valence-corrected chi connectivity index (χ4v) is 4.70. The van der Waals surface area contributed by atoms with Crippen molar-refractivity contribution in [3.63, 3.8) is 0 Å². The molecule has 0 saturated carbocycles. The largest absolute Gasteiger partial charge is 3.00 e. The molecule has 1 aliphatic rings. The molecule has 4 heteroatoms. The van der Waals surface area contributed by atoms with Crippen LogP contribution in [0.1, 0.15) is 70.2 Å². The number of hydrogen-bond donors (Lipinski definition) is 0. The van der Waals surface area contributed by atoms with Crippen molar-refractivity contribution >= 4 is 32.7 Å². The quantitative estimate of drug-likeness (QED) is 0.339.